The van der Waals surface area contributed by atoms with Gasteiger partial charge >= 0.3 is 5.97 Å². The van der Waals surface area contributed by atoms with Crippen LogP contribution in [0, 0.1) is 0 Å². The molecule has 0 amide bonds. The first-order chi connectivity index (χ1) is 8.42. The van der Waals surface area contributed by atoms with Crippen molar-refractivity contribution in [3.05, 3.63) is 0 Å². The molecule has 1 aliphatic rings. The van der Waals surface area contributed by atoms with Crippen molar-refractivity contribution in [1.29, 1.82) is 0 Å². The molecule has 0 saturated carbocycles. The Bertz CT molecular complexity index is 285. The Morgan fingerprint density at radius 1 is 1.50 bits per heavy atom. The minimum atomic E-state index is -0.617. The largest absolute Gasteiger partial charge is 0.468 e. The molecule has 5 nitrogen and oxygen atoms in total. The number of carbonyl (C=O) groups is 1. The molecule has 0 aromatic heterocycles. The Morgan fingerprint density at radius 2 is 2.17 bits per heavy atom. The Morgan fingerprint density at radius 3 is 2.67 bits per heavy atom. The summed E-state index contributed by atoms with van der Waals surface area (Å²) in [5.41, 5.74) is -0.617. The number of esters is 1. The predicted molar refractivity (Wildman–Crippen MR) is 72.6 cm³/mol. The van der Waals surface area contributed by atoms with Gasteiger partial charge in [0.15, 0.2) is 0 Å². The Labute approximate surface area is 110 Å². The lowest BCUT2D eigenvalue weighted by Gasteiger charge is -2.42. The van der Waals surface area contributed by atoms with Gasteiger partial charge in [0.05, 0.1) is 7.11 Å². The van der Waals surface area contributed by atoms with Gasteiger partial charge in [-0.15, -0.1) is 0 Å². The van der Waals surface area contributed by atoms with Gasteiger partial charge in [0, 0.05) is 32.2 Å². The highest BCUT2D eigenvalue weighted by Crippen LogP contribution is 2.15. The van der Waals surface area contributed by atoms with E-state index in [2.05, 4.69) is 29.1 Å². The van der Waals surface area contributed by atoms with Gasteiger partial charge < -0.3 is 15.0 Å². The van der Waals surface area contributed by atoms with Crippen LogP contribution >= 0.6 is 0 Å². The number of hydrogen-bond acceptors (Lipinski definition) is 5. The van der Waals surface area contributed by atoms with Crippen LogP contribution in [-0.4, -0.2) is 74.2 Å². The molecule has 1 heterocycles. The number of likely N-dealkylation sites (N-methyl/N-ethyl adjacent to an activating group) is 2. The van der Waals surface area contributed by atoms with Gasteiger partial charge in [-0.2, -0.15) is 0 Å². The second-order valence-electron chi connectivity index (χ2n) is 5.44. The van der Waals surface area contributed by atoms with Crippen molar-refractivity contribution in [3.63, 3.8) is 0 Å². The Hall–Kier alpha value is -0.650. The van der Waals surface area contributed by atoms with E-state index in [1.165, 1.54) is 7.11 Å². The summed E-state index contributed by atoms with van der Waals surface area (Å²) in [6.45, 7) is 10.7. The van der Waals surface area contributed by atoms with Gasteiger partial charge in [0.2, 0.25) is 0 Å². The van der Waals surface area contributed by atoms with Crippen molar-refractivity contribution >= 4 is 5.97 Å². The monoisotopic (exact) mass is 257 g/mol. The zero-order chi connectivity index (χ0) is 13.8. The molecule has 2 unspecified atom stereocenters. The number of rotatable bonds is 5. The van der Waals surface area contributed by atoms with Crippen LogP contribution in [-0.2, 0) is 9.53 Å². The molecule has 0 aliphatic carbocycles. The van der Waals surface area contributed by atoms with Gasteiger partial charge in [0.1, 0.15) is 5.54 Å². The number of hydrogen-bond donors (Lipinski definition) is 1. The normalized spacial score (nSPS) is 25.7. The maximum absolute atomic E-state index is 11.9. The molecule has 1 rings (SSSR count). The van der Waals surface area contributed by atoms with E-state index in [0.29, 0.717) is 12.6 Å². The molecule has 5 heteroatoms. The van der Waals surface area contributed by atoms with E-state index in [0.717, 1.165) is 26.2 Å². The third-order valence-corrected chi connectivity index (χ3v) is 3.69. The smallest absolute Gasteiger partial charge is 0.327 e. The van der Waals surface area contributed by atoms with Gasteiger partial charge in [-0.25, -0.2) is 0 Å². The van der Waals surface area contributed by atoms with Crippen molar-refractivity contribution in [3.8, 4) is 0 Å². The van der Waals surface area contributed by atoms with Crippen molar-refractivity contribution in [1.82, 2.24) is 15.1 Å². The van der Waals surface area contributed by atoms with E-state index in [4.69, 9.17) is 4.74 Å². The minimum Gasteiger partial charge on any atom is -0.468 e. The van der Waals surface area contributed by atoms with Crippen molar-refractivity contribution in [2.24, 2.45) is 0 Å². The van der Waals surface area contributed by atoms with Crippen LogP contribution < -0.4 is 5.32 Å². The maximum atomic E-state index is 11.9. The SMILES string of the molecule is CCNC(C)(CN1CCN(C)CC1C)C(=O)OC. The van der Waals surface area contributed by atoms with E-state index in [1.54, 1.807) is 0 Å². The molecule has 0 bridgehead atoms. The summed E-state index contributed by atoms with van der Waals surface area (Å²) >= 11 is 0. The molecule has 1 saturated heterocycles. The van der Waals surface area contributed by atoms with E-state index in [9.17, 15) is 4.79 Å². The first-order valence-electron chi connectivity index (χ1n) is 6.69. The molecular formula is C13H27N3O2. The zero-order valence-electron chi connectivity index (χ0n) is 12.3. The average molecular weight is 257 g/mol. The van der Waals surface area contributed by atoms with Crippen molar-refractivity contribution in [2.45, 2.75) is 32.4 Å². The van der Waals surface area contributed by atoms with Crippen LogP contribution in [0.25, 0.3) is 0 Å². The summed E-state index contributed by atoms with van der Waals surface area (Å²) in [4.78, 5) is 16.6. The number of methoxy groups -OCH3 is 1. The lowest BCUT2D eigenvalue weighted by molar-refractivity contribution is -0.149. The molecule has 1 N–H and O–H groups in total. The summed E-state index contributed by atoms with van der Waals surface area (Å²) in [6, 6.07) is 0.464. The topological polar surface area (TPSA) is 44.8 Å². The van der Waals surface area contributed by atoms with Crippen LogP contribution in [0.1, 0.15) is 20.8 Å². The first kappa shape index (κ1) is 15.4. The molecule has 0 aromatic rings. The average Bonchev–Trinajstić information content (AvgIpc) is 2.32. The quantitative estimate of drug-likeness (QED) is 0.711. The molecular weight excluding hydrogens is 230 g/mol. The van der Waals surface area contributed by atoms with Crippen molar-refractivity contribution in [2.75, 3.05) is 46.9 Å². The molecule has 1 aliphatic heterocycles. The second kappa shape index (κ2) is 6.50. The fourth-order valence-corrected chi connectivity index (χ4v) is 2.63. The lowest BCUT2D eigenvalue weighted by atomic mass is 10.00. The molecule has 18 heavy (non-hydrogen) atoms. The Balaban J connectivity index is 2.68. The third-order valence-electron chi connectivity index (χ3n) is 3.69. The lowest BCUT2D eigenvalue weighted by Crippen LogP contribution is -2.61. The van der Waals surface area contributed by atoms with Crippen LogP contribution in [0.4, 0.5) is 0 Å². The van der Waals surface area contributed by atoms with E-state index in [-0.39, 0.29) is 5.97 Å². The summed E-state index contributed by atoms with van der Waals surface area (Å²) in [5, 5.41) is 3.26. The van der Waals surface area contributed by atoms with Crippen molar-refractivity contribution < 1.29 is 9.53 Å². The molecule has 0 spiro atoms. The van der Waals surface area contributed by atoms with Crippen LogP contribution in [0.5, 0.6) is 0 Å². The second-order valence-corrected chi connectivity index (χ2v) is 5.44. The number of piperazine rings is 1. The van der Waals surface area contributed by atoms with Gasteiger partial charge in [-0.1, -0.05) is 6.92 Å². The first-order valence-corrected chi connectivity index (χ1v) is 6.69. The molecule has 106 valence electrons. The summed E-state index contributed by atoms with van der Waals surface area (Å²) in [7, 11) is 3.59. The van der Waals surface area contributed by atoms with Gasteiger partial charge in [-0.05, 0) is 27.4 Å². The fraction of sp³-hybridized carbons (Fsp3) is 0.923. The molecule has 1 fully saturated rings. The summed E-state index contributed by atoms with van der Waals surface area (Å²) in [5.74, 6) is -0.185. The number of nitrogens with zero attached hydrogens (tertiary/aromatic N) is 2. The molecule has 0 aromatic carbocycles. The van der Waals surface area contributed by atoms with E-state index >= 15 is 0 Å². The number of nitrogens with one attached hydrogen (secondary N) is 1. The van der Waals surface area contributed by atoms with E-state index in [1.807, 2.05) is 13.8 Å². The zero-order valence-corrected chi connectivity index (χ0v) is 12.3. The predicted octanol–water partition coefficient (Wildman–Crippen LogP) is 0.164. The van der Waals surface area contributed by atoms with E-state index < -0.39 is 5.54 Å². The maximum Gasteiger partial charge on any atom is 0.327 e. The van der Waals surface area contributed by atoms with Gasteiger partial charge in [-0.3, -0.25) is 9.69 Å². The number of carbonyl (C=O) groups excluding carboxylic acids is 1. The fourth-order valence-electron chi connectivity index (χ4n) is 2.63. The van der Waals surface area contributed by atoms with Crippen LogP contribution in [0.3, 0.4) is 0 Å². The van der Waals surface area contributed by atoms with Gasteiger partial charge in [0.25, 0.3) is 0 Å². The Kier molecular flexibility index (Phi) is 5.56. The number of ether oxygens (including phenoxy) is 1. The highest BCUT2D eigenvalue weighted by molar-refractivity contribution is 5.80. The summed E-state index contributed by atoms with van der Waals surface area (Å²) in [6.07, 6.45) is 0. The minimum absolute atomic E-state index is 0.185. The van der Waals surface area contributed by atoms with Crippen LogP contribution in [0.15, 0.2) is 0 Å². The standard InChI is InChI=1S/C13H27N3O2/c1-6-14-13(3,12(17)18-5)10-16-8-7-15(4)9-11(16)2/h11,14H,6-10H2,1-5H3. The molecule has 0 radical (unpaired) electrons. The highest BCUT2D eigenvalue weighted by atomic mass is 16.5. The molecule has 2 atom stereocenters. The third kappa shape index (κ3) is 3.67. The van der Waals surface area contributed by atoms with Crippen LogP contribution in [0.2, 0.25) is 0 Å². The summed E-state index contributed by atoms with van der Waals surface area (Å²) < 4.78 is 4.93. The highest BCUT2D eigenvalue weighted by Gasteiger charge is 2.37.